The Labute approximate surface area is 89.2 Å². The fraction of sp³-hybridized carbons (Fsp3) is 0.545. The van der Waals surface area contributed by atoms with Gasteiger partial charge < -0.3 is 14.8 Å². The Kier molecular flexibility index (Phi) is 3.19. The van der Waals surface area contributed by atoms with Crippen LogP contribution in [0.2, 0.25) is 0 Å². The molecule has 84 valence electrons. The first-order chi connectivity index (χ1) is 6.83. The number of carboxylic acids is 1. The number of nitrogens with zero attached hydrogens (tertiary/aromatic N) is 1. The molecule has 0 aliphatic rings. The number of aromatic nitrogens is 1. The first kappa shape index (κ1) is 11.8. The van der Waals surface area contributed by atoms with Crippen LogP contribution in [-0.4, -0.2) is 20.7 Å². The Hall–Kier alpha value is -1.29. The van der Waals surface area contributed by atoms with Crippen LogP contribution in [0.4, 0.5) is 0 Å². The second-order valence-electron chi connectivity index (χ2n) is 4.48. The first-order valence-corrected chi connectivity index (χ1v) is 4.90. The van der Waals surface area contributed by atoms with Gasteiger partial charge in [-0.1, -0.05) is 0 Å². The summed E-state index contributed by atoms with van der Waals surface area (Å²) in [4.78, 5) is 10.9. The molecule has 0 saturated carbocycles. The lowest BCUT2D eigenvalue weighted by molar-refractivity contribution is -0.147. The Morgan fingerprint density at radius 3 is 2.60 bits per heavy atom. The van der Waals surface area contributed by atoms with E-state index in [4.69, 9.17) is 5.11 Å². The van der Waals surface area contributed by atoms with Gasteiger partial charge in [-0.05, 0) is 32.4 Å². The number of carboxylic acid groups (broad SMARTS) is 1. The van der Waals surface area contributed by atoms with Crippen LogP contribution in [-0.2, 0) is 11.3 Å². The zero-order valence-electron chi connectivity index (χ0n) is 9.27. The molecular formula is C11H17NO3. The van der Waals surface area contributed by atoms with Gasteiger partial charge in [0.2, 0.25) is 0 Å². The molecule has 4 nitrogen and oxygen atoms in total. The van der Waals surface area contributed by atoms with Crippen molar-refractivity contribution in [3.8, 4) is 0 Å². The van der Waals surface area contributed by atoms with Crippen LogP contribution in [0.5, 0.6) is 0 Å². The monoisotopic (exact) mass is 211 g/mol. The van der Waals surface area contributed by atoms with Gasteiger partial charge in [-0.3, -0.25) is 4.79 Å². The highest BCUT2D eigenvalue weighted by molar-refractivity contribution is 5.73. The van der Waals surface area contributed by atoms with Crippen molar-refractivity contribution >= 4 is 5.97 Å². The minimum atomic E-state index is -0.824. The smallest absolute Gasteiger partial charge is 0.310 e. The van der Waals surface area contributed by atoms with Crippen LogP contribution < -0.4 is 0 Å². The molecule has 0 saturated heterocycles. The van der Waals surface area contributed by atoms with Crippen molar-refractivity contribution in [1.82, 2.24) is 4.57 Å². The van der Waals surface area contributed by atoms with E-state index in [1.165, 1.54) is 0 Å². The molecule has 0 amide bonds. The summed E-state index contributed by atoms with van der Waals surface area (Å²) >= 11 is 0. The van der Waals surface area contributed by atoms with Gasteiger partial charge in [0.1, 0.15) is 0 Å². The standard InChI is InChI=1S/C11H17NO3/c1-8(13)9-4-5-12(6-9)7-11(2,3)10(14)15/h4-6,8,13H,7H2,1-3H3,(H,14,15). The van der Waals surface area contributed by atoms with Gasteiger partial charge in [0, 0.05) is 18.9 Å². The van der Waals surface area contributed by atoms with Crippen molar-refractivity contribution in [1.29, 1.82) is 0 Å². The third-order valence-corrected chi connectivity index (χ3v) is 2.41. The van der Waals surface area contributed by atoms with Gasteiger partial charge in [0.05, 0.1) is 11.5 Å². The predicted octanol–water partition coefficient (Wildman–Crippen LogP) is 1.65. The molecule has 1 aromatic heterocycles. The van der Waals surface area contributed by atoms with Crippen molar-refractivity contribution < 1.29 is 15.0 Å². The van der Waals surface area contributed by atoms with Crippen molar-refractivity contribution in [2.45, 2.75) is 33.4 Å². The van der Waals surface area contributed by atoms with E-state index in [-0.39, 0.29) is 0 Å². The molecule has 2 N–H and O–H groups in total. The summed E-state index contributed by atoms with van der Waals surface area (Å²) in [7, 11) is 0. The van der Waals surface area contributed by atoms with E-state index in [0.29, 0.717) is 6.54 Å². The first-order valence-electron chi connectivity index (χ1n) is 4.90. The van der Waals surface area contributed by atoms with Crippen molar-refractivity contribution in [3.63, 3.8) is 0 Å². The number of carbonyl (C=O) groups is 1. The van der Waals surface area contributed by atoms with Crippen LogP contribution in [0, 0.1) is 5.41 Å². The molecule has 0 radical (unpaired) electrons. The molecule has 0 fully saturated rings. The van der Waals surface area contributed by atoms with E-state index in [1.54, 1.807) is 43.8 Å². The maximum absolute atomic E-state index is 10.9. The molecule has 1 aromatic rings. The van der Waals surface area contributed by atoms with E-state index in [2.05, 4.69) is 0 Å². The lowest BCUT2D eigenvalue weighted by atomic mass is 9.94. The number of aliphatic carboxylic acids is 1. The van der Waals surface area contributed by atoms with Crippen LogP contribution in [0.1, 0.15) is 32.4 Å². The van der Waals surface area contributed by atoms with Crippen molar-refractivity contribution in [2.75, 3.05) is 0 Å². The highest BCUT2D eigenvalue weighted by Crippen LogP contribution is 2.20. The molecule has 15 heavy (non-hydrogen) atoms. The Bertz CT molecular complexity index is 352. The maximum Gasteiger partial charge on any atom is 0.310 e. The number of hydrogen-bond donors (Lipinski definition) is 2. The molecule has 0 bridgehead atoms. The second kappa shape index (κ2) is 4.06. The SMILES string of the molecule is CC(O)c1ccn(CC(C)(C)C(=O)O)c1. The molecule has 1 unspecified atom stereocenters. The molecular weight excluding hydrogens is 194 g/mol. The number of aliphatic hydroxyl groups excluding tert-OH is 1. The molecule has 0 spiro atoms. The summed E-state index contributed by atoms with van der Waals surface area (Å²) in [6.07, 6.45) is 3.04. The summed E-state index contributed by atoms with van der Waals surface area (Å²) in [5.41, 5.74) is 0.00538. The predicted molar refractivity (Wildman–Crippen MR) is 56.5 cm³/mol. The minimum Gasteiger partial charge on any atom is -0.481 e. The fourth-order valence-electron chi connectivity index (χ4n) is 1.33. The normalized spacial score (nSPS) is 13.9. The van der Waals surface area contributed by atoms with E-state index in [9.17, 15) is 9.90 Å². The lowest BCUT2D eigenvalue weighted by Gasteiger charge is -2.19. The topological polar surface area (TPSA) is 62.5 Å². The highest BCUT2D eigenvalue weighted by atomic mass is 16.4. The summed E-state index contributed by atoms with van der Waals surface area (Å²) in [5, 5.41) is 18.3. The third-order valence-electron chi connectivity index (χ3n) is 2.41. The van der Waals surface area contributed by atoms with E-state index in [1.807, 2.05) is 0 Å². The Morgan fingerprint density at radius 2 is 2.20 bits per heavy atom. The van der Waals surface area contributed by atoms with Gasteiger partial charge in [0.15, 0.2) is 0 Å². The summed E-state index contributed by atoms with van der Waals surface area (Å²) in [5.74, 6) is -0.824. The molecule has 0 aromatic carbocycles. The summed E-state index contributed by atoms with van der Waals surface area (Å²) < 4.78 is 1.79. The van der Waals surface area contributed by atoms with Gasteiger partial charge in [0.25, 0.3) is 0 Å². The molecule has 1 heterocycles. The van der Waals surface area contributed by atoms with Crippen LogP contribution in [0.15, 0.2) is 18.5 Å². The van der Waals surface area contributed by atoms with Gasteiger partial charge in [-0.25, -0.2) is 0 Å². The third kappa shape index (κ3) is 2.83. The molecule has 0 aliphatic heterocycles. The van der Waals surface area contributed by atoms with Gasteiger partial charge in [-0.2, -0.15) is 0 Å². The Morgan fingerprint density at radius 1 is 1.60 bits per heavy atom. The van der Waals surface area contributed by atoms with Crippen molar-refractivity contribution in [3.05, 3.63) is 24.0 Å². The second-order valence-corrected chi connectivity index (χ2v) is 4.48. The zero-order valence-corrected chi connectivity index (χ0v) is 9.27. The van der Waals surface area contributed by atoms with Crippen LogP contribution in [0.3, 0.4) is 0 Å². The largest absolute Gasteiger partial charge is 0.481 e. The zero-order chi connectivity index (χ0) is 11.6. The molecule has 1 atom stereocenters. The van der Waals surface area contributed by atoms with E-state index < -0.39 is 17.5 Å². The lowest BCUT2D eigenvalue weighted by Crippen LogP contribution is -2.28. The number of aliphatic hydroxyl groups is 1. The van der Waals surface area contributed by atoms with Crippen molar-refractivity contribution in [2.24, 2.45) is 5.41 Å². The molecule has 0 aliphatic carbocycles. The minimum absolute atomic E-state index is 0.398. The highest BCUT2D eigenvalue weighted by Gasteiger charge is 2.27. The fourth-order valence-corrected chi connectivity index (χ4v) is 1.33. The number of rotatable bonds is 4. The Balaban J connectivity index is 2.77. The molecule has 4 heteroatoms. The molecule has 1 rings (SSSR count). The maximum atomic E-state index is 10.9. The van der Waals surface area contributed by atoms with E-state index in [0.717, 1.165) is 5.56 Å². The number of hydrogen-bond acceptors (Lipinski definition) is 2. The average molecular weight is 211 g/mol. The van der Waals surface area contributed by atoms with Gasteiger partial charge in [-0.15, -0.1) is 0 Å². The van der Waals surface area contributed by atoms with E-state index >= 15 is 0 Å². The summed E-state index contributed by atoms with van der Waals surface area (Å²) in [6.45, 7) is 5.44. The average Bonchev–Trinajstić information content (AvgIpc) is 2.51. The van der Waals surface area contributed by atoms with Crippen LogP contribution in [0.25, 0.3) is 0 Å². The van der Waals surface area contributed by atoms with Crippen LogP contribution >= 0.6 is 0 Å². The summed E-state index contributed by atoms with van der Waals surface area (Å²) in [6, 6.07) is 1.79. The quantitative estimate of drug-likeness (QED) is 0.796. The van der Waals surface area contributed by atoms with Gasteiger partial charge >= 0.3 is 5.97 Å².